The average molecular weight is 241 g/mol. The third-order valence-corrected chi connectivity index (χ3v) is 2.10. The van der Waals surface area contributed by atoms with Crippen molar-refractivity contribution in [3.8, 4) is 0 Å². The second-order valence-electron chi connectivity index (χ2n) is 3.59. The SMILES string of the molecule is CCOC(=O)COCCNc1cn(C)nc1C. The number of anilines is 1. The van der Waals surface area contributed by atoms with E-state index in [1.807, 2.05) is 20.2 Å². The second-order valence-corrected chi connectivity index (χ2v) is 3.59. The summed E-state index contributed by atoms with van der Waals surface area (Å²) < 4.78 is 11.6. The Morgan fingerprint density at radius 3 is 2.94 bits per heavy atom. The standard InChI is InChI=1S/C11H19N3O3/c1-4-17-11(15)8-16-6-5-12-10-7-14(3)13-9(10)2/h7,12H,4-6,8H2,1-3H3. The molecular formula is C11H19N3O3. The predicted molar refractivity (Wildman–Crippen MR) is 63.9 cm³/mol. The zero-order valence-corrected chi connectivity index (χ0v) is 10.5. The first kappa shape index (κ1) is 13.5. The molecule has 0 aromatic carbocycles. The van der Waals surface area contributed by atoms with Crippen LogP contribution in [0.2, 0.25) is 0 Å². The maximum Gasteiger partial charge on any atom is 0.332 e. The Balaban J connectivity index is 2.12. The van der Waals surface area contributed by atoms with Crippen molar-refractivity contribution in [2.45, 2.75) is 13.8 Å². The summed E-state index contributed by atoms with van der Waals surface area (Å²) in [6.07, 6.45) is 1.90. The van der Waals surface area contributed by atoms with Gasteiger partial charge in [-0.05, 0) is 13.8 Å². The third-order valence-electron chi connectivity index (χ3n) is 2.10. The van der Waals surface area contributed by atoms with E-state index in [0.29, 0.717) is 19.8 Å². The van der Waals surface area contributed by atoms with Gasteiger partial charge in [-0.25, -0.2) is 4.79 Å². The molecule has 0 fully saturated rings. The molecule has 1 rings (SSSR count). The van der Waals surface area contributed by atoms with Crippen LogP contribution in [0, 0.1) is 6.92 Å². The van der Waals surface area contributed by atoms with Gasteiger partial charge in [0.15, 0.2) is 0 Å². The summed E-state index contributed by atoms with van der Waals surface area (Å²) in [4.78, 5) is 11.0. The first-order valence-corrected chi connectivity index (χ1v) is 5.61. The van der Waals surface area contributed by atoms with Crippen molar-refractivity contribution in [1.82, 2.24) is 9.78 Å². The van der Waals surface area contributed by atoms with E-state index in [9.17, 15) is 4.79 Å². The van der Waals surface area contributed by atoms with Gasteiger partial charge in [0.25, 0.3) is 0 Å². The number of hydrogen-bond donors (Lipinski definition) is 1. The molecule has 6 heteroatoms. The number of hydrogen-bond acceptors (Lipinski definition) is 5. The van der Waals surface area contributed by atoms with Crippen molar-refractivity contribution in [3.05, 3.63) is 11.9 Å². The highest BCUT2D eigenvalue weighted by Gasteiger charge is 2.03. The largest absolute Gasteiger partial charge is 0.464 e. The lowest BCUT2D eigenvalue weighted by molar-refractivity contribution is -0.148. The van der Waals surface area contributed by atoms with Crippen LogP contribution < -0.4 is 5.32 Å². The molecule has 0 bridgehead atoms. The maximum atomic E-state index is 11.0. The minimum absolute atomic E-state index is 0.00153. The van der Waals surface area contributed by atoms with Crippen LogP contribution in [0.5, 0.6) is 0 Å². The Morgan fingerprint density at radius 2 is 2.35 bits per heavy atom. The first-order valence-electron chi connectivity index (χ1n) is 5.61. The highest BCUT2D eigenvalue weighted by Crippen LogP contribution is 2.10. The van der Waals surface area contributed by atoms with Crippen molar-refractivity contribution in [1.29, 1.82) is 0 Å². The number of esters is 1. The highest BCUT2D eigenvalue weighted by atomic mass is 16.6. The van der Waals surface area contributed by atoms with Crippen LogP contribution in [0.15, 0.2) is 6.20 Å². The Kier molecular flexibility index (Phi) is 5.48. The van der Waals surface area contributed by atoms with Gasteiger partial charge in [0, 0.05) is 19.8 Å². The van der Waals surface area contributed by atoms with Crippen LogP contribution in [0.25, 0.3) is 0 Å². The van der Waals surface area contributed by atoms with E-state index in [0.717, 1.165) is 11.4 Å². The lowest BCUT2D eigenvalue weighted by Crippen LogP contribution is -2.16. The van der Waals surface area contributed by atoms with E-state index < -0.39 is 0 Å². The van der Waals surface area contributed by atoms with E-state index in [-0.39, 0.29) is 12.6 Å². The van der Waals surface area contributed by atoms with Crippen molar-refractivity contribution in [2.24, 2.45) is 7.05 Å². The van der Waals surface area contributed by atoms with Gasteiger partial charge in [-0.15, -0.1) is 0 Å². The van der Waals surface area contributed by atoms with Crippen LogP contribution >= 0.6 is 0 Å². The third kappa shape index (κ3) is 4.86. The van der Waals surface area contributed by atoms with Gasteiger partial charge in [-0.2, -0.15) is 5.10 Å². The molecule has 0 spiro atoms. The second kappa shape index (κ2) is 6.90. The molecule has 0 radical (unpaired) electrons. The van der Waals surface area contributed by atoms with E-state index in [4.69, 9.17) is 9.47 Å². The van der Waals surface area contributed by atoms with Crippen molar-refractivity contribution in [2.75, 3.05) is 31.7 Å². The number of carbonyl (C=O) groups is 1. The van der Waals surface area contributed by atoms with Crippen LogP contribution in [0.1, 0.15) is 12.6 Å². The normalized spacial score (nSPS) is 10.3. The molecule has 1 aromatic heterocycles. The Bertz CT molecular complexity index is 363. The number of ether oxygens (including phenoxy) is 2. The Hall–Kier alpha value is -1.56. The molecule has 0 saturated carbocycles. The maximum absolute atomic E-state index is 11.0. The van der Waals surface area contributed by atoms with E-state index >= 15 is 0 Å². The van der Waals surface area contributed by atoms with Crippen LogP contribution in [0.4, 0.5) is 5.69 Å². The van der Waals surface area contributed by atoms with Gasteiger partial charge < -0.3 is 14.8 Å². The fourth-order valence-corrected chi connectivity index (χ4v) is 1.39. The lowest BCUT2D eigenvalue weighted by Gasteiger charge is -2.05. The van der Waals surface area contributed by atoms with E-state index in [1.54, 1.807) is 11.6 Å². The van der Waals surface area contributed by atoms with Crippen molar-refractivity contribution < 1.29 is 14.3 Å². The molecule has 0 aliphatic rings. The lowest BCUT2D eigenvalue weighted by atomic mass is 10.4. The fraction of sp³-hybridized carbons (Fsp3) is 0.636. The Morgan fingerprint density at radius 1 is 1.59 bits per heavy atom. The summed E-state index contributed by atoms with van der Waals surface area (Å²) in [5, 5.41) is 7.38. The molecule has 0 atom stereocenters. The molecule has 1 aromatic rings. The summed E-state index contributed by atoms with van der Waals surface area (Å²) in [5.74, 6) is -0.329. The van der Waals surface area contributed by atoms with Gasteiger partial charge in [-0.3, -0.25) is 4.68 Å². The van der Waals surface area contributed by atoms with Gasteiger partial charge in [0.2, 0.25) is 0 Å². The van der Waals surface area contributed by atoms with E-state index in [2.05, 4.69) is 10.4 Å². The summed E-state index contributed by atoms with van der Waals surface area (Å²) >= 11 is 0. The topological polar surface area (TPSA) is 65.4 Å². The molecule has 0 unspecified atom stereocenters. The number of rotatable bonds is 7. The van der Waals surface area contributed by atoms with Crippen LogP contribution in [0.3, 0.4) is 0 Å². The molecular weight excluding hydrogens is 222 g/mol. The summed E-state index contributed by atoms with van der Waals surface area (Å²) in [6, 6.07) is 0. The number of carbonyl (C=O) groups excluding carboxylic acids is 1. The van der Waals surface area contributed by atoms with Crippen molar-refractivity contribution in [3.63, 3.8) is 0 Å². The Labute approximate surface area is 101 Å². The number of aromatic nitrogens is 2. The predicted octanol–water partition coefficient (Wildman–Crippen LogP) is 0.720. The molecule has 0 amide bonds. The molecule has 17 heavy (non-hydrogen) atoms. The van der Waals surface area contributed by atoms with Crippen molar-refractivity contribution >= 4 is 11.7 Å². The molecule has 6 nitrogen and oxygen atoms in total. The van der Waals surface area contributed by atoms with Crippen LogP contribution in [-0.2, 0) is 21.3 Å². The zero-order valence-electron chi connectivity index (χ0n) is 10.5. The van der Waals surface area contributed by atoms with Gasteiger partial charge >= 0.3 is 5.97 Å². The smallest absolute Gasteiger partial charge is 0.332 e. The summed E-state index contributed by atoms with van der Waals surface area (Å²) in [7, 11) is 1.87. The number of nitrogens with one attached hydrogen (secondary N) is 1. The monoisotopic (exact) mass is 241 g/mol. The minimum Gasteiger partial charge on any atom is -0.464 e. The summed E-state index contributed by atoms with van der Waals surface area (Å²) in [6.45, 7) is 5.17. The quantitative estimate of drug-likeness (QED) is 0.563. The molecule has 0 aliphatic heterocycles. The molecule has 0 aliphatic carbocycles. The van der Waals surface area contributed by atoms with Crippen LogP contribution in [-0.4, -0.2) is 42.1 Å². The number of aryl methyl sites for hydroxylation is 2. The first-order chi connectivity index (χ1) is 8.13. The fourth-order valence-electron chi connectivity index (χ4n) is 1.39. The van der Waals surface area contributed by atoms with Gasteiger partial charge in [0.05, 0.1) is 24.6 Å². The average Bonchev–Trinajstić information content (AvgIpc) is 2.57. The summed E-state index contributed by atoms with van der Waals surface area (Å²) in [5.41, 5.74) is 1.92. The minimum atomic E-state index is -0.329. The molecule has 1 N–H and O–H groups in total. The molecule has 1 heterocycles. The van der Waals surface area contributed by atoms with E-state index in [1.165, 1.54) is 0 Å². The zero-order chi connectivity index (χ0) is 12.7. The highest BCUT2D eigenvalue weighted by molar-refractivity contribution is 5.70. The number of nitrogens with zero attached hydrogens (tertiary/aromatic N) is 2. The van der Waals surface area contributed by atoms with Gasteiger partial charge in [0.1, 0.15) is 6.61 Å². The molecule has 96 valence electrons. The molecule has 0 saturated heterocycles. The van der Waals surface area contributed by atoms with Gasteiger partial charge in [-0.1, -0.05) is 0 Å².